The third kappa shape index (κ3) is 5.17. The molecule has 5 aliphatic carbocycles. The maximum absolute atomic E-state index is 14.0. The van der Waals surface area contributed by atoms with Crippen LogP contribution >= 0.6 is 0 Å². The van der Waals surface area contributed by atoms with Gasteiger partial charge in [0, 0.05) is 26.6 Å². The average molecular weight is 631 g/mol. The van der Waals surface area contributed by atoms with E-state index in [1.807, 2.05) is 13.8 Å². The molecule has 6 rings (SSSR count). The monoisotopic (exact) mass is 630 g/mol. The molecule has 11 atom stereocenters. The number of ether oxygens (including phenoxy) is 2. The second-order valence-corrected chi connectivity index (χ2v) is 17.8. The van der Waals surface area contributed by atoms with Crippen LogP contribution in [0.15, 0.2) is 0 Å². The van der Waals surface area contributed by atoms with Gasteiger partial charge in [0.05, 0.1) is 31.4 Å². The van der Waals surface area contributed by atoms with Crippen molar-refractivity contribution in [2.75, 3.05) is 40.3 Å². The first kappa shape index (κ1) is 33.8. The maximum Gasteiger partial charge on any atom is 0.236 e. The van der Waals surface area contributed by atoms with Gasteiger partial charge < -0.3 is 24.6 Å². The highest BCUT2D eigenvalue weighted by Crippen LogP contribution is 2.89. The van der Waals surface area contributed by atoms with Crippen molar-refractivity contribution in [1.82, 2.24) is 9.80 Å². The zero-order chi connectivity index (χ0) is 32.7. The summed E-state index contributed by atoms with van der Waals surface area (Å²) in [6, 6.07) is 0. The van der Waals surface area contributed by atoms with E-state index in [-0.39, 0.29) is 57.6 Å². The lowest BCUT2D eigenvalue weighted by atomic mass is 9.46. The van der Waals surface area contributed by atoms with E-state index in [9.17, 15) is 19.8 Å². The van der Waals surface area contributed by atoms with Gasteiger partial charge in [0.1, 0.15) is 6.10 Å². The predicted octanol–water partition coefficient (Wildman–Crippen LogP) is 4.89. The summed E-state index contributed by atoms with van der Waals surface area (Å²) in [4.78, 5) is 30.2. The number of likely N-dealkylation sites (N-methyl/N-ethyl adjacent to an activating group) is 1. The van der Waals surface area contributed by atoms with E-state index in [1.165, 1.54) is 6.42 Å². The quantitative estimate of drug-likeness (QED) is 0.350. The van der Waals surface area contributed by atoms with Crippen molar-refractivity contribution in [2.24, 2.45) is 51.2 Å². The fourth-order valence-corrected chi connectivity index (χ4v) is 12.6. The summed E-state index contributed by atoms with van der Waals surface area (Å²) in [5.74, 6) is 1.71. The number of aliphatic hydroxyl groups is 2. The van der Waals surface area contributed by atoms with Crippen LogP contribution in [0.25, 0.3) is 0 Å². The molecule has 256 valence electrons. The van der Waals surface area contributed by atoms with Crippen LogP contribution in [0.1, 0.15) is 106 Å². The predicted molar refractivity (Wildman–Crippen MR) is 173 cm³/mol. The van der Waals surface area contributed by atoms with Gasteiger partial charge in [-0.05, 0) is 111 Å². The number of fused-ring (bicyclic) bond motifs is 2. The molecule has 1 amide bonds. The molecular formula is C37H62N2O6. The first-order valence-electron chi connectivity index (χ1n) is 18.1. The van der Waals surface area contributed by atoms with Crippen molar-refractivity contribution >= 4 is 11.7 Å². The van der Waals surface area contributed by atoms with Gasteiger partial charge in [0.15, 0.2) is 12.1 Å². The summed E-state index contributed by atoms with van der Waals surface area (Å²) in [5, 5.41) is 21.6. The van der Waals surface area contributed by atoms with Crippen molar-refractivity contribution in [3.8, 4) is 0 Å². The zero-order valence-corrected chi connectivity index (χ0v) is 29.4. The van der Waals surface area contributed by atoms with Gasteiger partial charge in [-0.25, -0.2) is 0 Å². The molecular weight excluding hydrogens is 568 g/mol. The molecule has 5 saturated carbocycles. The topological polar surface area (TPSA) is 99.5 Å². The van der Waals surface area contributed by atoms with Crippen LogP contribution < -0.4 is 0 Å². The Hall–Kier alpha value is -1.06. The Labute approximate surface area is 272 Å². The van der Waals surface area contributed by atoms with Gasteiger partial charge >= 0.3 is 0 Å². The molecule has 1 aliphatic heterocycles. The summed E-state index contributed by atoms with van der Waals surface area (Å²) in [6.07, 6.45) is 8.95. The van der Waals surface area contributed by atoms with Crippen molar-refractivity contribution in [1.29, 1.82) is 0 Å². The molecule has 0 radical (unpaired) electrons. The summed E-state index contributed by atoms with van der Waals surface area (Å²) in [7, 11) is 3.60. The number of carbonyl (C=O) groups excluding carboxylic acids is 2. The van der Waals surface area contributed by atoms with Crippen molar-refractivity contribution in [2.45, 2.75) is 130 Å². The Morgan fingerprint density at radius 2 is 1.82 bits per heavy atom. The van der Waals surface area contributed by atoms with Gasteiger partial charge in [0.2, 0.25) is 5.91 Å². The van der Waals surface area contributed by atoms with Crippen LogP contribution in [0.4, 0.5) is 0 Å². The summed E-state index contributed by atoms with van der Waals surface area (Å²) < 4.78 is 12.9. The number of amides is 1. The summed E-state index contributed by atoms with van der Waals surface area (Å²) >= 11 is 0. The van der Waals surface area contributed by atoms with Crippen molar-refractivity contribution in [3.63, 3.8) is 0 Å². The zero-order valence-electron chi connectivity index (χ0n) is 29.4. The first-order valence-corrected chi connectivity index (χ1v) is 18.1. The molecule has 2 spiro atoms. The normalized spacial score (nSPS) is 45.7. The van der Waals surface area contributed by atoms with E-state index < -0.39 is 11.7 Å². The molecule has 6 aliphatic rings. The Kier molecular flexibility index (Phi) is 8.67. The standard InChI is InChI=1S/C37H62N2O6/c1-23-36-18-17-35(6)25(11-9-10-15-33(2,3)43)31(41)32(42)30(35)24(36)12-13-26-34(4,5)27(14-16-37(23,26)36)45-29-22-39(19-20-44-29)21-28(40)38(7)8/h23-27,29-31,41,43H,9-22H2,1-8H3. The molecule has 0 aromatic rings. The minimum absolute atomic E-state index is 0.0188. The van der Waals surface area contributed by atoms with Gasteiger partial charge in [0.25, 0.3) is 0 Å². The molecule has 0 bridgehead atoms. The number of carbonyl (C=O) groups is 2. The van der Waals surface area contributed by atoms with Crippen molar-refractivity contribution < 1.29 is 29.3 Å². The van der Waals surface area contributed by atoms with Crippen LogP contribution in [-0.2, 0) is 19.1 Å². The second-order valence-electron chi connectivity index (χ2n) is 17.8. The number of Topliss-reactive ketones (excluding diaryl/α,β-unsaturated/α-hetero) is 1. The Balaban J connectivity index is 1.16. The van der Waals surface area contributed by atoms with Gasteiger partial charge in [-0.15, -0.1) is 0 Å². The highest BCUT2D eigenvalue weighted by Gasteiger charge is 2.85. The highest BCUT2D eigenvalue weighted by atomic mass is 16.7. The van der Waals surface area contributed by atoms with Gasteiger partial charge in [-0.2, -0.15) is 0 Å². The Morgan fingerprint density at radius 1 is 1.09 bits per heavy atom. The highest BCUT2D eigenvalue weighted by molar-refractivity contribution is 5.89. The number of ketones is 1. The molecule has 1 saturated heterocycles. The largest absolute Gasteiger partial charge is 0.390 e. The minimum Gasteiger partial charge on any atom is -0.390 e. The number of rotatable bonds is 9. The molecule has 1 heterocycles. The average Bonchev–Trinajstić information content (AvgIpc) is 3.42. The van der Waals surface area contributed by atoms with E-state index in [1.54, 1.807) is 19.0 Å². The van der Waals surface area contributed by atoms with Crippen LogP contribution in [0, 0.1) is 51.2 Å². The third-order valence-electron chi connectivity index (χ3n) is 14.8. The number of unbranched alkanes of at least 4 members (excludes halogenated alkanes) is 1. The number of hydrogen-bond donors (Lipinski definition) is 2. The summed E-state index contributed by atoms with van der Waals surface area (Å²) in [6.45, 7) is 15.7. The Bertz CT molecular complexity index is 1150. The molecule has 11 unspecified atom stereocenters. The third-order valence-corrected chi connectivity index (χ3v) is 14.8. The van der Waals surface area contributed by atoms with E-state index in [0.29, 0.717) is 37.5 Å². The van der Waals surface area contributed by atoms with E-state index >= 15 is 0 Å². The first-order chi connectivity index (χ1) is 21.0. The molecule has 6 fully saturated rings. The van der Waals surface area contributed by atoms with Gasteiger partial charge in [-0.3, -0.25) is 14.5 Å². The SMILES string of the molecule is CC1C23CCC4(C)C(CCCCC(C)(C)O)C(O)C(=O)C4C2CCC2C(C)(C)C(OC4CN(CC(=O)N(C)C)CCO4)CCC213. The molecule has 0 aromatic carbocycles. The number of hydrogen-bond acceptors (Lipinski definition) is 7. The lowest BCUT2D eigenvalue weighted by Crippen LogP contribution is -2.56. The fraction of sp³-hybridized carbons (Fsp3) is 0.946. The van der Waals surface area contributed by atoms with Crippen LogP contribution in [0.2, 0.25) is 0 Å². The van der Waals surface area contributed by atoms with E-state index in [0.717, 1.165) is 64.3 Å². The second kappa shape index (κ2) is 11.5. The molecule has 8 nitrogen and oxygen atoms in total. The number of nitrogens with zero attached hydrogens (tertiary/aromatic N) is 2. The lowest BCUT2D eigenvalue weighted by molar-refractivity contribution is -0.245. The van der Waals surface area contributed by atoms with E-state index in [4.69, 9.17) is 9.47 Å². The molecule has 2 N–H and O–H groups in total. The van der Waals surface area contributed by atoms with Gasteiger partial charge in [-0.1, -0.05) is 40.5 Å². The maximum atomic E-state index is 14.0. The minimum atomic E-state index is -0.844. The number of morpholine rings is 1. The van der Waals surface area contributed by atoms with Crippen LogP contribution in [0.3, 0.4) is 0 Å². The fourth-order valence-electron chi connectivity index (χ4n) is 12.6. The van der Waals surface area contributed by atoms with E-state index in [2.05, 4.69) is 32.6 Å². The number of aliphatic hydroxyl groups excluding tert-OH is 1. The summed E-state index contributed by atoms with van der Waals surface area (Å²) in [5.41, 5.74) is -0.385. The Morgan fingerprint density at radius 3 is 2.51 bits per heavy atom. The molecule has 8 heteroatoms. The molecule has 0 aromatic heterocycles. The molecule has 45 heavy (non-hydrogen) atoms. The van der Waals surface area contributed by atoms with Crippen molar-refractivity contribution in [3.05, 3.63) is 0 Å². The van der Waals surface area contributed by atoms with Crippen LogP contribution in [-0.4, -0.2) is 96.1 Å². The smallest absolute Gasteiger partial charge is 0.236 e. The van der Waals surface area contributed by atoms with Crippen LogP contribution in [0.5, 0.6) is 0 Å². The lowest BCUT2D eigenvalue weighted by Gasteiger charge is -2.59.